The maximum atomic E-state index is 6.05. The average Bonchev–Trinajstić information content (AvgIpc) is 2.47. The first-order valence-electron chi connectivity index (χ1n) is 6.45. The Morgan fingerprint density at radius 3 is 1.95 bits per heavy atom. The van der Waals surface area contributed by atoms with Crippen LogP contribution in [-0.2, 0) is 0 Å². The van der Waals surface area contributed by atoms with Gasteiger partial charge in [0.25, 0.3) is 0 Å². The van der Waals surface area contributed by atoms with Crippen LogP contribution in [0.4, 0.5) is 11.6 Å². The number of piperazine rings is 1. The highest BCUT2D eigenvalue weighted by molar-refractivity contribution is 6.35. The molecule has 104 valence electrons. The minimum atomic E-state index is 0.668. The first kappa shape index (κ1) is 13.5. The van der Waals surface area contributed by atoms with Crippen molar-refractivity contribution < 1.29 is 0 Å². The van der Waals surface area contributed by atoms with Crippen LogP contribution in [0.15, 0.2) is 36.7 Å². The number of hydrogen-bond acceptors (Lipinski definition) is 4. The second-order valence-electron chi connectivity index (χ2n) is 4.65. The smallest absolute Gasteiger partial charge is 0.225 e. The van der Waals surface area contributed by atoms with E-state index in [9.17, 15) is 0 Å². The van der Waals surface area contributed by atoms with E-state index in [4.69, 9.17) is 23.2 Å². The molecule has 2 aromatic rings. The number of rotatable bonds is 2. The van der Waals surface area contributed by atoms with Crippen LogP contribution >= 0.6 is 23.2 Å². The third-order valence-corrected chi connectivity index (χ3v) is 3.76. The number of anilines is 2. The molecule has 0 aliphatic carbocycles. The van der Waals surface area contributed by atoms with E-state index in [-0.39, 0.29) is 0 Å². The maximum Gasteiger partial charge on any atom is 0.225 e. The fourth-order valence-electron chi connectivity index (χ4n) is 2.34. The van der Waals surface area contributed by atoms with Crippen LogP contribution in [0.1, 0.15) is 0 Å². The van der Waals surface area contributed by atoms with Gasteiger partial charge in [-0.25, -0.2) is 9.97 Å². The Kier molecular flexibility index (Phi) is 3.94. The Labute approximate surface area is 128 Å². The average molecular weight is 309 g/mol. The predicted octanol–water partition coefficient (Wildman–Crippen LogP) is 3.11. The largest absolute Gasteiger partial charge is 0.368 e. The van der Waals surface area contributed by atoms with Gasteiger partial charge in [-0.05, 0) is 24.3 Å². The van der Waals surface area contributed by atoms with Crippen molar-refractivity contribution in [3.05, 3.63) is 46.7 Å². The normalized spacial score (nSPS) is 15.5. The van der Waals surface area contributed by atoms with Gasteiger partial charge in [0.2, 0.25) is 5.95 Å². The number of hydrogen-bond donors (Lipinski definition) is 0. The van der Waals surface area contributed by atoms with Crippen LogP contribution in [0.5, 0.6) is 0 Å². The van der Waals surface area contributed by atoms with Gasteiger partial charge in [-0.15, -0.1) is 0 Å². The Bertz CT molecular complexity index is 563. The van der Waals surface area contributed by atoms with Crippen molar-refractivity contribution in [3.8, 4) is 0 Å². The van der Waals surface area contributed by atoms with Crippen molar-refractivity contribution in [2.24, 2.45) is 0 Å². The third-order valence-electron chi connectivity index (χ3n) is 3.33. The monoisotopic (exact) mass is 308 g/mol. The van der Waals surface area contributed by atoms with Crippen molar-refractivity contribution in [1.82, 2.24) is 9.97 Å². The molecular formula is C14H14Cl2N4. The van der Waals surface area contributed by atoms with Gasteiger partial charge in [-0.1, -0.05) is 23.2 Å². The van der Waals surface area contributed by atoms with Crippen LogP contribution in [0.3, 0.4) is 0 Å². The zero-order chi connectivity index (χ0) is 13.9. The molecule has 1 aromatic carbocycles. The van der Waals surface area contributed by atoms with Crippen molar-refractivity contribution in [2.45, 2.75) is 0 Å². The fourth-order valence-corrected chi connectivity index (χ4v) is 2.86. The van der Waals surface area contributed by atoms with Crippen LogP contribution in [0.25, 0.3) is 0 Å². The van der Waals surface area contributed by atoms with Crippen LogP contribution in [0, 0.1) is 0 Å². The molecule has 0 saturated carbocycles. The lowest BCUT2D eigenvalue weighted by molar-refractivity contribution is 0.640. The number of benzene rings is 1. The number of aromatic nitrogens is 2. The third kappa shape index (κ3) is 2.97. The van der Waals surface area contributed by atoms with E-state index in [1.54, 1.807) is 18.5 Å². The van der Waals surface area contributed by atoms with Crippen LogP contribution in [0.2, 0.25) is 10.0 Å². The molecule has 0 amide bonds. The van der Waals surface area contributed by atoms with Gasteiger partial charge in [-0.3, -0.25) is 0 Å². The van der Waals surface area contributed by atoms with Gasteiger partial charge in [0.1, 0.15) is 0 Å². The summed E-state index contributed by atoms with van der Waals surface area (Å²) in [5, 5.41) is 1.34. The highest BCUT2D eigenvalue weighted by Crippen LogP contribution is 2.26. The molecule has 3 rings (SSSR count). The van der Waals surface area contributed by atoms with E-state index in [1.165, 1.54) is 0 Å². The molecule has 1 aliphatic rings. The maximum absolute atomic E-state index is 6.05. The van der Waals surface area contributed by atoms with Crippen molar-refractivity contribution in [1.29, 1.82) is 0 Å². The van der Waals surface area contributed by atoms with Gasteiger partial charge in [-0.2, -0.15) is 0 Å². The molecule has 1 aromatic heterocycles. The molecule has 1 fully saturated rings. The second-order valence-corrected chi connectivity index (χ2v) is 5.52. The van der Waals surface area contributed by atoms with Crippen molar-refractivity contribution in [3.63, 3.8) is 0 Å². The van der Waals surface area contributed by atoms with E-state index in [0.29, 0.717) is 10.0 Å². The van der Waals surface area contributed by atoms with E-state index in [1.807, 2.05) is 18.2 Å². The molecule has 1 aliphatic heterocycles. The van der Waals surface area contributed by atoms with Crippen molar-refractivity contribution >= 4 is 34.8 Å². The highest BCUT2D eigenvalue weighted by atomic mass is 35.5. The Hall–Kier alpha value is -1.52. The zero-order valence-electron chi connectivity index (χ0n) is 10.8. The first-order valence-corrected chi connectivity index (χ1v) is 7.21. The summed E-state index contributed by atoms with van der Waals surface area (Å²) in [7, 11) is 0. The molecule has 1 saturated heterocycles. The van der Waals surface area contributed by atoms with E-state index >= 15 is 0 Å². The van der Waals surface area contributed by atoms with Crippen molar-refractivity contribution in [2.75, 3.05) is 36.0 Å². The summed E-state index contributed by atoms with van der Waals surface area (Å²) in [5.74, 6) is 0.788. The van der Waals surface area contributed by atoms with E-state index in [2.05, 4.69) is 19.8 Å². The molecular weight excluding hydrogens is 295 g/mol. The second kappa shape index (κ2) is 5.85. The van der Waals surface area contributed by atoms with Gasteiger partial charge in [0.15, 0.2) is 0 Å². The minimum Gasteiger partial charge on any atom is -0.368 e. The lowest BCUT2D eigenvalue weighted by Gasteiger charge is -2.36. The summed E-state index contributed by atoms with van der Waals surface area (Å²) in [6.45, 7) is 3.56. The summed E-state index contributed by atoms with van der Waals surface area (Å²) in [5.41, 5.74) is 1.07. The lowest BCUT2D eigenvalue weighted by Crippen LogP contribution is -2.47. The molecule has 0 N–H and O–H groups in total. The summed E-state index contributed by atoms with van der Waals surface area (Å²) >= 11 is 12.1. The minimum absolute atomic E-state index is 0.668. The molecule has 0 bridgehead atoms. The van der Waals surface area contributed by atoms with Gasteiger partial charge in [0, 0.05) is 54.3 Å². The first-order chi connectivity index (χ1) is 9.72. The predicted molar refractivity (Wildman–Crippen MR) is 82.9 cm³/mol. The molecule has 0 spiro atoms. The summed E-state index contributed by atoms with van der Waals surface area (Å²) < 4.78 is 0. The Morgan fingerprint density at radius 1 is 0.800 bits per heavy atom. The fraction of sp³-hybridized carbons (Fsp3) is 0.286. The van der Waals surface area contributed by atoms with E-state index < -0.39 is 0 Å². The highest BCUT2D eigenvalue weighted by Gasteiger charge is 2.19. The van der Waals surface area contributed by atoms with E-state index in [0.717, 1.165) is 37.8 Å². The topological polar surface area (TPSA) is 32.3 Å². The molecule has 20 heavy (non-hydrogen) atoms. The molecule has 6 heteroatoms. The van der Waals surface area contributed by atoms with Gasteiger partial charge < -0.3 is 9.80 Å². The number of halogens is 2. The molecule has 2 heterocycles. The Morgan fingerprint density at radius 2 is 1.35 bits per heavy atom. The SMILES string of the molecule is Clc1cc(Cl)cc(N2CCN(c3ncccn3)CC2)c1. The summed E-state index contributed by atoms with van der Waals surface area (Å²) in [6.07, 6.45) is 3.54. The molecule has 0 atom stereocenters. The molecule has 0 unspecified atom stereocenters. The zero-order valence-corrected chi connectivity index (χ0v) is 12.3. The summed E-state index contributed by atoms with van der Waals surface area (Å²) in [4.78, 5) is 13.0. The quantitative estimate of drug-likeness (QED) is 0.853. The lowest BCUT2D eigenvalue weighted by atomic mass is 10.2. The van der Waals surface area contributed by atoms with Gasteiger partial charge in [0.05, 0.1) is 0 Å². The molecule has 0 radical (unpaired) electrons. The van der Waals surface area contributed by atoms with Gasteiger partial charge >= 0.3 is 0 Å². The van der Waals surface area contributed by atoms with Crippen LogP contribution in [-0.4, -0.2) is 36.1 Å². The number of nitrogens with zero attached hydrogens (tertiary/aromatic N) is 4. The standard InChI is InChI=1S/C14H14Cl2N4/c15-11-8-12(16)10-13(9-11)19-4-6-20(7-5-19)14-17-2-1-3-18-14/h1-3,8-10H,4-7H2. The van der Waals surface area contributed by atoms with Crippen LogP contribution < -0.4 is 9.80 Å². The molecule has 4 nitrogen and oxygen atoms in total. The summed E-state index contributed by atoms with van der Waals surface area (Å²) in [6, 6.07) is 7.47. The Balaban J connectivity index is 1.69.